The van der Waals surface area contributed by atoms with Gasteiger partial charge in [-0.3, -0.25) is 9.59 Å². The molecule has 0 bridgehead atoms. The van der Waals surface area contributed by atoms with Crippen molar-refractivity contribution in [2.24, 2.45) is 0 Å². The highest BCUT2D eigenvalue weighted by atomic mass is 16.5. The van der Waals surface area contributed by atoms with E-state index in [-0.39, 0.29) is 23.9 Å². The molecule has 0 aliphatic carbocycles. The Balaban J connectivity index is 1.95. The van der Waals surface area contributed by atoms with Crippen LogP contribution in [0.25, 0.3) is 0 Å². The largest absolute Gasteiger partial charge is 0.503 e. The van der Waals surface area contributed by atoms with Gasteiger partial charge in [0.05, 0.1) is 17.7 Å². The predicted octanol–water partition coefficient (Wildman–Crippen LogP) is 3.39. The molecule has 2 heterocycles. The Morgan fingerprint density at radius 2 is 1.89 bits per heavy atom. The molecule has 28 heavy (non-hydrogen) atoms. The van der Waals surface area contributed by atoms with Crippen LogP contribution >= 0.6 is 0 Å². The average Bonchev–Trinajstić information content (AvgIpc) is 3.31. The molecule has 152 valence electrons. The van der Waals surface area contributed by atoms with E-state index in [0.29, 0.717) is 13.2 Å². The van der Waals surface area contributed by atoms with E-state index in [1.807, 2.05) is 24.3 Å². The Hall–Kier alpha value is -2.34. The van der Waals surface area contributed by atoms with Crippen molar-refractivity contribution < 1.29 is 19.4 Å². The number of aliphatic hydroxyl groups excluding tert-OH is 1. The van der Waals surface area contributed by atoms with Crippen LogP contribution in [0, 0.1) is 0 Å². The minimum absolute atomic E-state index is 0.0507. The minimum Gasteiger partial charge on any atom is -0.503 e. The van der Waals surface area contributed by atoms with Gasteiger partial charge in [-0.1, -0.05) is 19.1 Å². The van der Waals surface area contributed by atoms with Gasteiger partial charge in [0, 0.05) is 38.3 Å². The lowest BCUT2D eigenvalue weighted by atomic mass is 9.94. The lowest BCUT2D eigenvalue weighted by Gasteiger charge is -2.29. The van der Waals surface area contributed by atoms with Gasteiger partial charge < -0.3 is 19.6 Å². The number of carbonyl (C=O) groups is 2. The molecular weight excluding hydrogens is 356 g/mol. The summed E-state index contributed by atoms with van der Waals surface area (Å²) in [4.78, 5) is 29.2. The summed E-state index contributed by atoms with van der Waals surface area (Å²) in [5.74, 6) is -1.09. The molecule has 2 unspecified atom stereocenters. The van der Waals surface area contributed by atoms with Crippen molar-refractivity contribution in [2.45, 2.75) is 52.2 Å². The van der Waals surface area contributed by atoms with E-state index >= 15 is 0 Å². The molecule has 0 radical (unpaired) electrons. The van der Waals surface area contributed by atoms with Gasteiger partial charge in [-0.15, -0.1) is 0 Å². The zero-order chi connectivity index (χ0) is 20.3. The number of hydrogen-bond donors (Lipinski definition) is 1. The van der Waals surface area contributed by atoms with Gasteiger partial charge in [-0.2, -0.15) is 0 Å². The maximum Gasteiger partial charge on any atom is 0.290 e. The van der Waals surface area contributed by atoms with Crippen LogP contribution in [0.15, 0.2) is 35.6 Å². The van der Waals surface area contributed by atoms with E-state index in [1.54, 1.807) is 11.8 Å². The highest BCUT2D eigenvalue weighted by molar-refractivity contribution is 6.08. The molecule has 0 aromatic heterocycles. The van der Waals surface area contributed by atoms with E-state index in [0.717, 1.165) is 37.2 Å². The van der Waals surface area contributed by atoms with Gasteiger partial charge >= 0.3 is 0 Å². The third-order valence-electron chi connectivity index (χ3n) is 5.69. The molecule has 1 aromatic rings. The summed E-state index contributed by atoms with van der Waals surface area (Å²) in [6, 6.07) is 7.38. The number of anilines is 1. The highest BCUT2D eigenvalue weighted by Gasteiger charge is 2.44. The molecule has 2 atom stereocenters. The molecule has 3 rings (SSSR count). The second-order valence-corrected chi connectivity index (χ2v) is 7.30. The average molecular weight is 386 g/mol. The summed E-state index contributed by atoms with van der Waals surface area (Å²) in [5.41, 5.74) is 2.14. The Bertz CT molecular complexity index is 746. The SMILES string of the molecule is CCC(=O)C1=C(O)C(=O)N(CC2CCCO2)C1c1ccc(N(CC)CC)cc1. The fourth-order valence-electron chi connectivity index (χ4n) is 4.13. The van der Waals surface area contributed by atoms with E-state index in [2.05, 4.69) is 18.7 Å². The van der Waals surface area contributed by atoms with Crippen molar-refractivity contribution in [3.05, 3.63) is 41.2 Å². The highest BCUT2D eigenvalue weighted by Crippen LogP contribution is 2.39. The first-order chi connectivity index (χ1) is 13.5. The van der Waals surface area contributed by atoms with Gasteiger partial charge in [0.25, 0.3) is 5.91 Å². The third kappa shape index (κ3) is 3.78. The molecular formula is C22H30N2O4. The first kappa shape index (κ1) is 20.4. The second-order valence-electron chi connectivity index (χ2n) is 7.30. The monoisotopic (exact) mass is 386 g/mol. The third-order valence-corrected chi connectivity index (χ3v) is 5.69. The van der Waals surface area contributed by atoms with Gasteiger partial charge in [0.2, 0.25) is 0 Å². The fraction of sp³-hybridized carbons (Fsp3) is 0.545. The molecule has 1 amide bonds. The number of ether oxygens (including phenoxy) is 1. The van der Waals surface area contributed by atoms with Crippen LogP contribution in [0.4, 0.5) is 5.69 Å². The van der Waals surface area contributed by atoms with E-state index in [9.17, 15) is 14.7 Å². The number of nitrogens with zero attached hydrogens (tertiary/aromatic N) is 2. The number of aliphatic hydroxyl groups is 1. The lowest BCUT2D eigenvalue weighted by Crippen LogP contribution is -2.37. The van der Waals surface area contributed by atoms with Crippen LogP contribution in [0.1, 0.15) is 51.6 Å². The first-order valence-electron chi connectivity index (χ1n) is 10.3. The van der Waals surface area contributed by atoms with Crippen LogP contribution in [0.3, 0.4) is 0 Å². The maximum atomic E-state index is 12.8. The van der Waals surface area contributed by atoms with Crippen LogP contribution in [0.5, 0.6) is 0 Å². The van der Waals surface area contributed by atoms with Crippen molar-refractivity contribution in [2.75, 3.05) is 31.1 Å². The van der Waals surface area contributed by atoms with Crippen LogP contribution in [0.2, 0.25) is 0 Å². The summed E-state index contributed by atoms with van der Waals surface area (Å²) >= 11 is 0. The lowest BCUT2D eigenvalue weighted by molar-refractivity contribution is -0.131. The normalized spacial score (nSPS) is 22.2. The predicted molar refractivity (Wildman–Crippen MR) is 108 cm³/mol. The molecule has 1 N–H and O–H groups in total. The smallest absolute Gasteiger partial charge is 0.290 e. The summed E-state index contributed by atoms with van der Waals surface area (Å²) in [5, 5.41) is 10.5. The number of rotatable bonds is 8. The zero-order valence-corrected chi connectivity index (χ0v) is 17.0. The van der Waals surface area contributed by atoms with Gasteiger partial charge in [-0.25, -0.2) is 0 Å². The quantitative estimate of drug-likeness (QED) is 0.742. The summed E-state index contributed by atoms with van der Waals surface area (Å²) in [6.45, 7) is 8.84. The number of benzene rings is 1. The van der Waals surface area contributed by atoms with Gasteiger partial charge in [-0.05, 0) is 44.4 Å². The zero-order valence-electron chi connectivity index (χ0n) is 17.0. The molecule has 0 saturated carbocycles. The molecule has 6 nitrogen and oxygen atoms in total. The van der Waals surface area contributed by atoms with E-state index in [4.69, 9.17) is 4.74 Å². The van der Waals surface area contributed by atoms with Crippen LogP contribution < -0.4 is 4.90 Å². The van der Waals surface area contributed by atoms with Gasteiger partial charge in [0.15, 0.2) is 11.5 Å². The Morgan fingerprint density at radius 1 is 1.21 bits per heavy atom. The summed E-state index contributed by atoms with van der Waals surface area (Å²) in [6.07, 6.45) is 2.05. The molecule has 0 spiro atoms. The number of Topliss-reactive ketones (excluding diaryl/α,β-unsaturated/α-hetero) is 1. The van der Waals surface area contributed by atoms with Crippen LogP contribution in [-0.2, 0) is 14.3 Å². The second kappa shape index (κ2) is 8.78. The maximum absolute atomic E-state index is 12.8. The first-order valence-corrected chi connectivity index (χ1v) is 10.3. The number of ketones is 1. The van der Waals surface area contributed by atoms with Gasteiger partial charge in [0.1, 0.15) is 0 Å². The number of hydrogen-bond acceptors (Lipinski definition) is 5. The van der Waals surface area contributed by atoms with Crippen molar-refractivity contribution in [3.8, 4) is 0 Å². The van der Waals surface area contributed by atoms with Crippen molar-refractivity contribution in [1.29, 1.82) is 0 Å². The molecule has 1 aromatic carbocycles. The molecule has 1 saturated heterocycles. The number of amides is 1. The topological polar surface area (TPSA) is 70.1 Å². The van der Waals surface area contributed by atoms with E-state index < -0.39 is 17.7 Å². The standard InChI is InChI=1S/C22H30N2O4/c1-4-18(25)19-20(15-9-11-16(12-10-15)23(5-2)6-3)24(22(27)21(19)26)14-17-8-7-13-28-17/h9-12,17,20,26H,4-8,13-14H2,1-3H3. The molecule has 6 heteroatoms. The molecule has 2 aliphatic rings. The summed E-state index contributed by atoms with van der Waals surface area (Å²) < 4.78 is 5.70. The Morgan fingerprint density at radius 3 is 2.43 bits per heavy atom. The van der Waals surface area contributed by atoms with Crippen molar-refractivity contribution >= 4 is 17.4 Å². The minimum atomic E-state index is -0.560. The van der Waals surface area contributed by atoms with Crippen molar-refractivity contribution in [1.82, 2.24) is 4.90 Å². The Kier molecular flexibility index (Phi) is 6.39. The summed E-state index contributed by atoms with van der Waals surface area (Å²) in [7, 11) is 0. The molecule has 2 aliphatic heterocycles. The molecule has 1 fully saturated rings. The van der Waals surface area contributed by atoms with Crippen LogP contribution in [-0.4, -0.2) is 54.0 Å². The Labute approximate surface area is 166 Å². The number of carbonyl (C=O) groups excluding carboxylic acids is 2. The van der Waals surface area contributed by atoms with Crippen molar-refractivity contribution in [3.63, 3.8) is 0 Å². The fourth-order valence-corrected chi connectivity index (χ4v) is 4.13. The van der Waals surface area contributed by atoms with E-state index in [1.165, 1.54) is 0 Å².